The molecule has 0 heterocycles. The van der Waals surface area contributed by atoms with Crippen molar-refractivity contribution in [2.75, 3.05) is 46.2 Å². The highest BCUT2D eigenvalue weighted by molar-refractivity contribution is 5.72. The first-order valence-electron chi connectivity index (χ1n) is 8.23. The van der Waals surface area contributed by atoms with Crippen LogP contribution in [0.25, 0.3) is 0 Å². The van der Waals surface area contributed by atoms with Crippen LogP contribution in [-0.2, 0) is 28.5 Å². The lowest BCUT2D eigenvalue weighted by Gasteiger charge is -2.13. The fraction of sp³-hybridized carbons (Fsp3) is 0.875. The zero-order valence-corrected chi connectivity index (χ0v) is 14.3. The van der Waals surface area contributed by atoms with E-state index in [2.05, 4.69) is 6.92 Å². The number of carbonyl (C=O) groups is 2. The third-order valence-corrected chi connectivity index (χ3v) is 3.17. The van der Waals surface area contributed by atoms with Gasteiger partial charge in [-0.15, -0.1) is 0 Å². The molecule has 1 atom stereocenters. The molecule has 0 bridgehead atoms. The number of esters is 1. The maximum Gasteiger partial charge on any atom is 0.329 e. The molecule has 0 aliphatic rings. The Balaban J connectivity index is 3.37. The fourth-order valence-electron chi connectivity index (χ4n) is 1.86. The van der Waals surface area contributed by atoms with E-state index in [1.807, 2.05) is 6.92 Å². The molecule has 0 radical (unpaired) electrons. The molecule has 7 nitrogen and oxygen atoms in total. The number of hydrogen-bond donors (Lipinski definition) is 1. The molecule has 0 aromatic heterocycles. The van der Waals surface area contributed by atoms with Crippen molar-refractivity contribution >= 4 is 11.9 Å². The topological polar surface area (TPSA) is 91.3 Å². The first-order valence-corrected chi connectivity index (χ1v) is 8.23. The van der Waals surface area contributed by atoms with E-state index in [1.165, 1.54) is 0 Å². The molecule has 0 amide bonds. The van der Waals surface area contributed by atoms with Gasteiger partial charge in [-0.05, 0) is 12.8 Å². The molecule has 0 rings (SSSR count). The third kappa shape index (κ3) is 14.2. The monoisotopic (exact) mass is 334 g/mol. The van der Waals surface area contributed by atoms with Gasteiger partial charge in [0, 0.05) is 0 Å². The van der Waals surface area contributed by atoms with E-state index in [0.717, 1.165) is 25.7 Å². The molecule has 0 aromatic rings. The van der Waals surface area contributed by atoms with Crippen LogP contribution in [0.4, 0.5) is 0 Å². The number of carbonyl (C=O) groups excluding carboxylic acids is 1. The summed E-state index contributed by atoms with van der Waals surface area (Å²) in [6.45, 7) is 5.71. The van der Waals surface area contributed by atoms with Crippen LogP contribution in [0.5, 0.6) is 0 Å². The van der Waals surface area contributed by atoms with E-state index in [-0.39, 0.29) is 31.7 Å². The summed E-state index contributed by atoms with van der Waals surface area (Å²) < 4.78 is 20.5. The minimum Gasteiger partial charge on any atom is -0.480 e. The Morgan fingerprint density at radius 1 is 0.913 bits per heavy atom. The molecule has 0 spiro atoms. The fourth-order valence-corrected chi connectivity index (χ4v) is 1.86. The predicted octanol–water partition coefficient (Wildman–Crippen LogP) is 1.88. The largest absolute Gasteiger partial charge is 0.480 e. The minimum absolute atomic E-state index is 0.0101. The zero-order chi connectivity index (χ0) is 17.3. The second-order valence-corrected chi connectivity index (χ2v) is 5.09. The van der Waals surface area contributed by atoms with Gasteiger partial charge in [0.1, 0.15) is 13.2 Å². The molecule has 7 heteroatoms. The van der Waals surface area contributed by atoms with Gasteiger partial charge in [0.25, 0.3) is 0 Å². The van der Waals surface area contributed by atoms with Gasteiger partial charge >= 0.3 is 11.9 Å². The lowest BCUT2D eigenvalue weighted by Crippen LogP contribution is -2.20. The van der Waals surface area contributed by atoms with Crippen molar-refractivity contribution in [3.8, 4) is 0 Å². The van der Waals surface area contributed by atoms with Crippen molar-refractivity contribution in [2.24, 2.45) is 5.92 Å². The number of rotatable bonds is 16. The predicted molar refractivity (Wildman–Crippen MR) is 84.4 cm³/mol. The Bertz CT molecular complexity index is 307. The molecule has 0 aliphatic carbocycles. The minimum atomic E-state index is -0.997. The molecule has 1 unspecified atom stereocenters. The van der Waals surface area contributed by atoms with Crippen LogP contribution in [-0.4, -0.2) is 63.3 Å². The van der Waals surface area contributed by atoms with Crippen LogP contribution in [0.2, 0.25) is 0 Å². The van der Waals surface area contributed by atoms with Crippen molar-refractivity contribution in [1.29, 1.82) is 0 Å². The Kier molecular flexibility index (Phi) is 14.9. The molecular formula is C16H30O7. The molecule has 1 N–H and O–H groups in total. The lowest BCUT2D eigenvalue weighted by molar-refractivity contribution is -0.150. The van der Waals surface area contributed by atoms with E-state index < -0.39 is 5.97 Å². The van der Waals surface area contributed by atoms with Crippen LogP contribution in [0, 0.1) is 5.92 Å². The molecule has 0 fully saturated rings. The number of carboxylic acids is 1. The Morgan fingerprint density at radius 2 is 1.48 bits per heavy atom. The highest BCUT2D eigenvalue weighted by Gasteiger charge is 2.16. The van der Waals surface area contributed by atoms with Crippen molar-refractivity contribution in [3.63, 3.8) is 0 Å². The maximum absolute atomic E-state index is 11.8. The molecule has 23 heavy (non-hydrogen) atoms. The molecule has 0 aliphatic heterocycles. The van der Waals surface area contributed by atoms with Crippen molar-refractivity contribution < 1.29 is 33.6 Å². The summed E-state index contributed by atoms with van der Waals surface area (Å²) in [5.74, 6) is -1.15. The zero-order valence-electron chi connectivity index (χ0n) is 14.3. The number of carboxylic acid groups (broad SMARTS) is 1. The van der Waals surface area contributed by atoms with Gasteiger partial charge < -0.3 is 24.1 Å². The van der Waals surface area contributed by atoms with Gasteiger partial charge in [-0.2, -0.15) is 0 Å². The smallest absolute Gasteiger partial charge is 0.329 e. The van der Waals surface area contributed by atoms with E-state index in [1.54, 1.807) is 0 Å². The summed E-state index contributed by atoms with van der Waals surface area (Å²) in [5, 5.41) is 8.35. The quantitative estimate of drug-likeness (QED) is 0.340. The van der Waals surface area contributed by atoms with Crippen LogP contribution in [0.3, 0.4) is 0 Å². The normalized spacial score (nSPS) is 12.1. The Labute approximate surface area is 138 Å². The average Bonchev–Trinajstić information content (AvgIpc) is 2.53. The van der Waals surface area contributed by atoms with E-state index in [0.29, 0.717) is 26.4 Å². The summed E-state index contributed by atoms with van der Waals surface area (Å²) in [6, 6.07) is 0. The van der Waals surface area contributed by atoms with E-state index in [4.69, 9.17) is 24.1 Å². The summed E-state index contributed by atoms with van der Waals surface area (Å²) in [4.78, 5) is 22.0. The SMILES string of the molecule is CCCCC(CC)C(=O)OCCOCCOCCOCC(=O)O. The van der Waals surface area contributed by atoms with Gasteiger partial charge in [-0.3, -0.25) is 4.79 Å². The maximum atomic E-state index is 11.8. The van der Waals surface area contributed by atoms with Gasteiger partial charge in [-0.1, -0.05) is 26.7 Å². The van der Waals surface area contributed by atoms with Gasteiger partial charge in [0.2, 0.25) is 0 Å². The van der Waals surface area contributed by atoms with E-state index in [9.17, 15) is 9.59 Å². The first-order chi connectivity index (χ1) is 11.1. The highest BCUT2D eigenvalue weighted by Crippen LogP contribution is 2.14. The van der Waals surface area contributed by atoms with Crippen LogP contribution in [0.15, 0.2) is 0 Å². The first kappa shape index (κ1) is 21.8. The van der Waals surface area contributed by atoms with Gasteiger partial charge in [-0.25, -0.2) is 4.79 Å². The van der Waals surface area contributed by atoms with Crippen LogP contribution < -0.4 is 0 Å². The number of ether oxygens (including phenoxy) is 4. The summed E-state index contributed by atoms with van der Waals surface area (Å²) >= 11 is 0. The summed E-state index contributed by atoms with van der Waals surface area (Å²) in [7, 11) is 0. The highest BCUT2D eigenvalue weighted by atomic mass is 16.6. The van der Waals surface area contributed by atoms with Gasteiger partial charge in [0.05, 0.1) is 39.0 Å². The molecule has 136 valence electrons. The molecular weight excluding hydrogens is 304 g/mol. The summed E-state index contributed by atoms with van der Waals surface area (Å²) in [6.07, 6.45) is 3.80. The molecule has 0 saturated heterocycles. The lowest BCUT2D eigenvalue weighted by atomic mass is 10.00. The number of aliphatic carboxylic acids is 1. The number of unbranched alkanes of at least 4 members (excludes halogenated alkanes) is 1. The second kappa shape index (κ2) is 15.7. The van der Waals surface area contributed by atoms with Crippen molar-refractivity contribution in [2.45, 2.75) is 39.5 Å². The Hall–Kier alpha value is -1.18. The standard InChI is InChI=1S/C16H30O7/c1-3-5-6-14(4-2)16(19)23-12-11-21-8-7-20-9-10-22-13-15(17)18/h14H,3-13H2,1-2H3,(H,17,18). The van der Waals surface area contributed by atoms with Gasteiger partial charge in [0.15, 0.2) is 0 Å². The third-order valence-electron chi connectivity index (χ3n) is 3.17. The van der Waals surface area contributed by atoms with Crippen LogP contribution >= 0.6 is 0 Å². The van der Waals surface area contributed by atoms with Crippen molar-refractivity contribution in [1.82, 2.24) is 0 Å². The number of hydrogen-bond acceptors (Lipinski definition) is 6. The van der Waals surface area contributed by atoms with E-state index >= 15 is 0 Å². The second-order valence-electron chi connectivity index (χ2n) is 5.09. The average molecular weight is 334 g/mol. The Morgan fingerprint density at radius 3 is 2.00 bits per heavy atom. The molecule has 0 aromatic carbocycles. The van der Waals surface area contributed by atoms with Crippen molar-refractivity contribution in [3.05, 3.63) is 0 Å². The van der Waals surface area contributed by atoms with Crippen LogP contribution in [0.1, 0.15) is 39.5 Å². The summed E-state index contributed by atoms with van der Waals surface area (Å²) in [5.41, 5.74) is 0. The molecule has 0 saturated carbocycles.